The molecule has 0 radical (unpaired) electrons. The van der Waals surface area contributed by atoms with Gasteiger partial charge in [-0.1, -0.05) is 0 Å². The lowest BCUT2D eigenvalue weighted by molar-refractivity contribution is -0.137. The number of hydrogen-bond donors (Lipinski definition) is 2. The van der Waals surface area contributed by atoms with Gasteiger partial charge in [-0.2, -0.15) is 0 Å². The van der Waals surface area contributed by atoms with Crippen molar-refractivity contribution in [2.24, 2.45) is 5.73 Å². The van der Waals surface area contributed by atoms with E-state index in [2.05, 4.69) is 0 Å². The van der Waals surface area contributed by atoms with Crippen molar-refractivity contribution in [1.29, 1.82) is 0 Å². The maximum atomic E-state index is 10.8. The molecule has 2 aliphatic heterocycles. The third-order valence-electron chi connectivity index (χ3n) is 1.81. The van der Waals surface area contributed by atoms with Crippen molar-refractivity contribution in [2.75, 3.05) is 0 Å². The average Bonchev–Trinajstić information content (AvgIpc) is 1.97. The monoisotopic (exact) mass is 172 g/mol. The summed E-state index contributed by atoms with van der Waals surface area (Å²) in [7, 11) is 0. The lowest BCUT2D eigenvalue weighted by atomic mass is 10.2. The van der Waals surface area contributed by atoms with Gasteiger partial charge in [-0.15, -0.1) is 11.8 Å². The van der Waals surface area contributed by atoms with E-state index in [-0.39, 0.29) is 22.4 Å². The van der Waals surface area contributed by atoms with Gasteiger partial charge in [0, 0.05) is 6.20 Å². The van der Waals surface area contributed by atoms with Gasteiger partial charge in [0.2, 0.25) is 5.91 Å². The Morgan fingerprint density at radius 1 is 1.82 bits per heavy atom. The molecular weight excluding hydrogens is 164 g/mol. The topological polar surface area (TPSA) is 66.6 Å². The first-order valence-electron chi connectivity index (χ1n) is 3.31. The second-order valence-corrected chi connectivity index (χ2v) is 3.89. The van der Waals surface area contributed by atoms with Gasteiger partial charge >= 0.3 is 0 Å². The van der Waals surface area contributed by atoms with E-state index < -0.39 is 0 Å². The normalized spacial score (nSPS) is 35.9. The van der Waals surface area contributed by atoms with Crippen LogP contribution < -0.4 is 5.73 Å². The maximum absolute atomic E-state index is 10.8. The lowest BCUT2D eigenvalue weighted by Gasteiger charge is -2.41. The van der Waals surface area contributed by atoms with Gasteiger partial charge in [0.1, 0.15) is 11.1 Å². The smallest absolute Gasteiger partial charge is 0.230 e. The number of β-lactam (4-membered cyclic amide) rings is 1. The molecule has 3 N–H and O–H groups in total. The second kappa shape index (κ2) is 2.15. The summed E-state index contributed by atoms with van der Waals surface area (Å²) in [4.78, 5) is 12.4. The molecule has 0 aliphatic carbocycles. The van der Waals surface area contributed by atoms with Gasteiger partial charge in [0.05, 0.1) is 11.8 Å². The van der Waals surface area contributed by atoms with E-state index in [4.69, 9.17) is 10.8 Å². The van der Waals surface area contributed by atoms with Crippen LogP contribution in [0.2, 0.25) is 0 Å². The molecule has 1 unspecified atom stereocenters. The minimum atomic E-state index is -0.357. The predicted molar refractivity (Wildman–Crippen MR) is 41.5 cm³/mol. The van der Waals surface area contributed by atoms with Crippen LogP contribution in [0.5, 0.6) is 0 Å². The molecule has 1 fully saturated rings. The first-order valence-corrected chi connectivity index (χ1v) is 4.25. The van der Waals surface area contributed by atoms with Crippen LogP contribution in [0.15, 0.2) is 12.0 Å². The number of nitrogens with two attached hydrogens (primary N) is 1. The largest absolute Gasteiger partial charge is 0.508 e. The summed E-state index contributed by atoms with van der Waals surface area (Å²) in [6, 6.07) is 0. The molecule has 5 heteroatoms. The minimum absolute atomic E-state index is 0.0564. The summed E-state index contributed by atoms with van der Waals surface area (Å²) < 4.78 is 0. The summed E-state index contributed by atoms with van der Waals surface area (Å²) >= 11 is 1.41. The Kier molecular flexibility index (Phi) is 1.37. The van der Waals surface area contributed by atoms with E-state index in [9.17, 15) is 4.79 Å². The van der Waals surface area contributed by atoms with E-state index in [1.54, 1.807) is 0 Å². The number of nitrogens with zero attached hydrogens (tertiary/aromatic N) is 1. The molecule has 0 saturated carbocycles. The van der Waals surface area contributed by atoms with Gasteiger partial charge in [-0.25, -0.2) is 0 Å². The van der Waals surface area contributed by atoms with Gasteiger partial charge in [0.15, 0.2) is 0 Å². The first kappa shape index (κ1) is 7.00. The summed E-state index contributed by atoms with van der Waals surface area (Å²) in [5, 5.41) is 8.94. The number of thioether (sulfide) groups is 1. The van der Waals surface area contributed by atoms with Crippen molar-refractivity contribution in [1.82, 2.24) is 4.90 Å². The summed E-state index contributed by atoms with van der Waals surface area (Å²) in [6.45, 7) is 0. The van der Waals surface area contributed by atoms with Gasteiger partial charge < -0.3 is 15.7 Å². The highest BCUT2D eigenvalue weighted by atomic mass is 32.2. The number of rotatable bonds is 0. The molecule has 0 aromatic rings. The minimum Gasteiger partial charge on any atom is -0.508 e. The molecule has 0 aromatic heterocycles. The standard InChI is InChI=1S/C6H8N2O2S/c7-6-3(9)2-8-4(10)1-5(8)11-6/h2,5-6,9H,1,7H2/t5-,6?/m1/s1. The van der Waals surface area contributed by atoms with Crippen molar-refractivity contribution in [3.63, 3.8) is 0 Å². The molecule has 2 aliphatic rings. The summed E-state index contributed by atoms with van der Waals surface area (Å²) in [5.74, 6) is 0.139. The van der Waals surface area contributed by atoms with Crippen LogP contribution in [0.4, 0.5) is 0 Å². The first-order chi connectivity index (χ1) is 5.18. The fourth-order valence-electron chi connectivity index (χ4n) is 1.13. The highest BCUT2D eigenvalue weighted by molar-refractivity contribution is 8.00. The molecular formula is C6H8N2O2S. The fourth-order valence-corrected chi connectivity index (χ4v) is 2.21. The number of aliphatic hydroxyl groups is 1. The van der Waals surface area contributed by atoms with Crippen molar-refractivity contribution in [3.05, 3.63) is 12.0 Å². The predicted octanol–water partition coefficient (Wildman–Crippen LogP) is -0.0242. The van der Waals surface area contributed by atoms with Crippen LogP contribution in [-0.4, -0.2) is 26.7 Å². The van der Waals surface area contributed by atoms with Crippen LogP contribution in [-0.2, 0) is 4.79 Å². The molecule has 11 heavy (non-hydrogen) atoms. The molecule has 60 valence electrons. The molecule has 0 spiro atoms. The van der Waals surface area contributed by atoms with Crippen LogP contribution in [0.1, 0.15) is 6.42 Å². The third-order valence-corrected chi connectivity index (χ3v) is 3.06. The third kappa shape index (κ3) is 0.918. The SMILES string of the molecule is NC1S[C@@H]2CC(=O)N2C=C1O. The number of hydrogen-bond acceptors (Lipinski definition) is 4. The lowest BCUT2D eigenvalue weighted by Crippen LogP contribution is -2.51. The Labute approximate surface area is 68.0 Å². The van der Waals surface area contributed by atoms with Crippen LogP contribution in [0.25, 0.3) is 0 Å². The van der Waals surface area contributed by atoms with E-state index >= 15 is 0 Å². The van der Waals surface area contributed by atoms with Crippen molar-refractivity contribution >= 4 is 17.7 Å². The number of amides is 1. The zero-order valence-electron chi connectivity index (χ0n) is 5.73. The van der Waals surface area contributed by atoms with Crippen molar-refractivity contribution < 1.29 is 9.90 Å². The van der Waals surface area contributed by atoms with E-state index in [0.717, 1.165) is 0 Å². The molecule has 0 aromatic carbocycles. The van der Waals surface area contributed by atoms with Gasteiger partial charge in [-0.05, 0) is 0 Å². The number of fused-ring (bicyclic) bond motifs is 1. The van der Waals surface area contributed by atoms with Crippen molar-refractivity contribution in [2.45, 2.75) is 17.2 Å². The van der Waals surface area contributed by atoms with E-state index in [1.165, 1.54) is 22.9 Å². The highest BCUT2D eigenvalue weighted by Crippen LogP contribution is 2.37. The quantitative estimate of drug-likeness (QED) is 0.504. The molecule has 2 atom stereocenters. The van der Waals surface area contributed by atoms with Crippen molar-refractivity contribution in [3.8, 4) is 0 Å². The van der Waals surface area contributed by atoms with E-state index in [1.807, 2.05) is 0 Å². The van der Waals surface area contributed by atoms with Crippen LogP contribution in [0, 0.1) is 0 Å². The molecule has 4 nitrogen and oxygen atoms in total. The zero-order valence-corrected chi connectivity index (χ0v) is 6.54. The van der Waals surface area contributed by atoms with Crippen LogP contribution >= 0.6 is 11.8 Å². The molecule has 2 rings (SSSR count). The molecule has 0 bridgehead atoms. The van der Waals surface area contributed by atoms with Gasteiger partial charge in [0.25, 0.3) is 0 Å². The number of carbonyl (C=O) groups is 1. The maximum Gasteiger partial charge on any atom is 0.230 e. The summed E-state index contributed by atoms with van der Waals surface area (Å²) in [6.07, 6.45) is 1.97. The Morgan fingerprint density at radius 3 is 3.18 bits per heavy atom. The second-order valence-electron chi connectivity index (χ2n) is 2.57. The molecule has 1 saturated heterocycles. The summed E-state index contributed by atoms with van der Waals surface area (Å²) in [5.41, 5.74) is 5.52. The van der Waals surface area contributed by atoms with Crippen LogP contribution in [0.3, 0.4) is 0 Å². The molecule has 2 heterocycles. The Morgan fingerprint density at radius 2 is 2.55 bits per heavy atom. The zero-order chi connectivity index (χ0) is 8.01. The average molecular weight is 172 g/mol. The van der Waals surface area contributed by atoms with Gasteiger partial charge in [-0.3, -0.25) is 4.79 Å². The fraction of sp³-hybridized carbons (Fsp3) is 0.500. The van der Waals surface area contributed by atoms with E-state index in [0.29, 0.717) is 6.42 Å². The highest BCUT2D eigenvalue weighted by Gasteiger charge is 2.40. The Balaban J connectivity index is 2.21. The number of carbonyl (C=O) groups excluding carboxylic acids is 1. The number of aliphatic hydroxyl groups excluding tert-OH is 1. The Bertz CT molecular complexity index is 241. The Hall–Kier alpha value is -0.680. The molecule has 1 amide bonds.